The Balaban J connectivity index is 1.86. The van der Waals surface area contributed by atoms with Gasteiger partial charge in [-0.25, -0.2) is 9.18 Å². The van der Waals surface area contributed by atoms with Crippen LogP contribution in [-0.4, -0.2) is 34.3 Å². The standard InChI is InChI=1S/C17H21FN2O2/c1-17(2,3)22-16(21)19(4)14-9-12-8-13(18)7-11-5-6-20(10-14)15(11)12/h5-8,14H,9-10H2,1-4H3. The first kappa shape index (κ1) is 14.9. The number of nitrogens with zero attached hydrogens (tertiary/aromatic N) is 2. The Kier molecular flexibility index (Phi) is 3.38. The van der Waals surface area contributed by atoms with E-state index in [0.717, 1.165) is 16.5 Å². The van der Waals surface area contributed by atoms with Gasteiger partial charge in [-0.05, 0) is 51.0 Å². The molecule has 2 aromatic rings. The van der Waals surface area contributed by atoms with Gasteiger partial charge in [0, 0.05) is 25.2 Å². The van der Waals surface area contributed by atoms with Crippen LogP contribution < -0.4 is 0 Å². The first-order valence-electron chi connectivity index (χ1n) is 7.48. The summed E-state index contributed by atoms with van der Waals surface area (Å²) in [5.74, 6) is -0.235. The number of likely N-dealkylation sites (N-methyl/N-ethyl adjacent to an activating group) is 1. The van der Waals surface area contributed by atoms with E-state index in [0.29, 0.717) is 13.0 Å². The predicted octanol–water partition coefficient (Wildman–Crippen LogP) is 3.57. The van der Waals surface area contributed by atoms with Gasteiger partial charge in [0.05, 0.1) is 11.6 Å². The van der Waals surface area contributed by atoms with E-state index in [2.05, 4.69) is 4.57 Å². The Morgan fingerprint density at radius 3 is 2.82 bits per heavy atom. The van der Waals surface area contributed by atoms with E-state index in [4.69, 9.17) is 4.74 Å². The van der Waals surface area contributed by atoms with Gasteiger partial charge in [-0.2, -0.15) is 0 Å². The number of aromatic nitrogens is 1. The van der Waals surface area contributed by atoms with Crippen molar-refractivity contribution in [1.29, 1.82) is 0 Å². The quantitative estimate of drug-likeness (QED) is 0.807. The Labute approximate surface area is 129 Å². The van der Waals surface area contributed by atoms with Crippen molar-refractivity contribution in [3.05, 3.63) is 35.8 Å². The topological polar surface area (TPSA) is 34.5 Å². The number of benzene rings is 1. The first-order chi connectivity index (χ1) is 10.2. The minimum Gasteiger partial charge on any atom is -0.444 e. The van der Waals surface area contributed by atoms with Gasteiger partial charge in [-0.1, -0.05) is 0 Å². The Bertz CT molecular complexity index is 730. The third-order valence-electron chi connectivity index (χ3n) is 4.00. The summed E-state index contributed by atoms with van der Waals surface area (Å²) in [7, 11) is 1.74. The zero-order valence-electron chi connectivity index (χ0n) is 13.4. The van der Waals surface area contributed by atoms with Crippen molar-refractivity contribution in [1.82, 2.24) is 9.47 Å². The summed E-state index contributed by atoms with van der Waals surface area (Å²) in [6, 6.07) is 4.98. The minimum absolute atomic E-state index is 0.0419. The molecule has 1 aromatic carbocycles. The van der Waals surface area contributed by atoms with Crippen molar-refractivity contribution in [3.8, 4) is 0 Å². The molecule has 118 valence electrons. The average molecular weight is 304 g/mol. The van der Waals surface area contributed by atoms with Crippen molar-refractivity contribution >= 4 is 17.0 Å². The van der Waals surface area contributed by atoms with E-state index in [1.807, 2.05) is 33.0 Å². The normalized spacial score (nSPS) is 17.6. The zero-order valence-corrected chi connectivity index (χ0v) is 13.4. The molecule has 0 aliphatic carbocycles. The molecule has 22 heavy (non-hydrogen) atoms. The van der Waals surface area contributed by atoms with Gasteiger partial charge < -0.3 is 14.2 Å². The summed E-state index contributed by atoms with van der Waals surface area (Å²) >= 11 is 0. The number of halogens is 1. The lowest BCUT2D eigenvalue weighted by atomic mass is 9.99. The van der Waals surface area contributed by atoms with Crippen LogP contribution in [0.5, 0.6) is 0 Å². The second-order valence-electron chi connectivity index (χ2n) is 6.92. The first-order valence-corrected chi connectivity index (χ1v) is 7.48. The van der Waals surface area contributed by atoms with E-state index in [1.54, 1.807) is 24.1 Å². The summed E-state index contributed by atoms with van der Waals surface area (Å²) in [5, 5.41) is 0.911. The fraction of sp³-hybridized carbons (Fsp3) is 0.471. The molecule has 0 fully saturated rings. The lowest BCUT2D eigenvalue weighted by molar-refractivity contribution is 0.0204. The molecular formula is C17H21FN2O2. The average Bonchev–Trinajstić information content (AvgIpc) is 2.79. The number of hydrogen-bond donors (Lipinski definition) is 0. The van der Waals surface area contributed by atoms with Crippen LogP contribution in [0, 0.1) is 5.82 Å². The summed E-state index contributed by atoms with van der Waals surface area (Å²) in [4.78, 5) is 13.9. The van der Waals surface area contributed by atoms with Crippen molar-refractivity contribution in [3.63, 3.8) is 0 Å². The number of ether oxygens (including phenoxy) is 1. The summed E-state index contributed by atoms with van der Waals surface area (Å²) < 4.78 is 21.2. The maximum atomic E-state index is 13.7. The van der Waals surface area contributed by atoms with Gasteiger partial charge in [-0.15, -0.1) is 0 Å². The highest BCUT2D eigenvalue weighted by molar-refractivity contribution is 5.84. The third kappa shape index (κ3) is 2.67. The lowest BCUT2D eigenvalue weighted by Crippen LogP contribution is -2.45. The number of rotatable bonds is 1. The molecule has 0 saturated heterocycles. The molecule has 0 spiro atoms. The second-order valence-corrected chi connectivity index (χ2v) is 6.92. The summed E-state index contributed by atoms with van der Waals surface area (Å²) in [5.41, 5.74) is 1.48. The van der Waals surface area contributed by atoms with Gasteiger partial charge in [0.1, 0.15) is 11.4 Å². The Morgan fingerprint density at radius 2 is 2.14 bits per heavy atom. The molecule has 4 nitrogen and oxygen atoms in total. The summed E-state index contributed by atoms with van der Waals surface area (Å²) in [6.07, 6.45) is 2.23. The molecule has 1 unspecified atom stereocenters. The highest BCUT2D eigenvalue weighted by atomic mass is 19.1. The molecule has 0 radical (unpaired) electrons. The van der Waals surface area contributed by atoms with Gasteiger partial charge in [0.15, 0.2) is 0 Å². The molecule has 2 heterocycles. The van der Waals surface area contributed by atoms with Crippen LogP contribution in [-0.2, 0) is 17.7 Å². The molecule has 1 aliphatic rings. The second kappa shape index (κ2) is 5.00. The zero-order chi connectivity index (χ0) is 16.1. The Hall–Kier alpha value is -2.04. The molecule has 0 N–H and O–H groups in total. The maximum Gasteiger partial charge on any atom is 0.410 e. The number of carbonyl (C=O) groups is 1. The molecule has 5 heteroatoms. The van der Waals surface area contributed by atoms with Crippen molar-refractivity contribution in [2.45, 2.75) is 45.4 Å². The van der Waals surface area contributed by atoms with Gasteiger partial charge in [0.25, 0.3) is 0 Å². The number of amides is 1. The molecule has 1 aliphatic heterocycles. The largest absolute Gasteiger partial charge is 0.444 e. The van der Waals surface area contributed by atoms with Crippen molar-refractivity contribution in [2.24, 2.45) is 0 Å². The molecule has 1 amide bonds. The van der Waals surface area contributed by atoms with Crippen LogP contribution in [0.15, 0.2) is 24.4 Å². The maximum absolute atomic E-state index is 13.7. The number of carbonyl (C=O) groups excluding carboxylic acids is 1. The highest BCUT2D eigenvalue weighted by Gasteiger charge is 2.29. The van der Waals surface area contributed by atoms with E-state index in [1.165, 1.54) is 0 Å². The fourth-order valence-electron chi connectivity index (χ4n) is 3.00. The van der Waals surface area contributed by atoms with Crippen LogP contribution in [0.2, 0.25) is 0 Å². The van der Waals surface area contributed by atoms with Crippen molar-refractivity contribution in [2.75, 3.05) is 7.05 Å². The SMILES string of the molecule is CN(C(=O)OC(C)(C)C)C1Cc2cc(F)cc3ccn(c23)C1. The van der Waals surface area contributed by atoms with Crippen LogP contribution >= 0.6 is 0 Å². The van der Waals surface area contributed by atoms with E-state index < -0.39 is 5.60 Å². The number of hydrogen-bond acceptors (Lipinski definition) is 2. The minimum atomic E-state index is -0.523. The van der Waals surface area contributed by atoms with Crippen LogP contribution in [0.4, 0.5) is 9.18 Å². The van der Waals surface area contributed by atoms with Gasteiger partial charge >= 0.3 is 6.09 Å². The smallest absolute Gasteiger partial charge is 0.410 e. The van der Waals surface area contributed by atoms with Crippen molar-refractivity contribution < 1.29 is 13.9 Å². The predicted molar refractivity (Wildman–Crippen MR) is 83.4 cm³/mol. The van der Waals surface area contributed by atoms with Gasteiger partial charge in [0.2, 0.25) is 0 Å². The van der Waals surface area contributed by atoms with E-state index in [-0.39, 0.29) is 18.0 Å². The molecule has 1 atom stereocenters. The van der Waals surface area contributed by atoms with E-state index >= 15 is 0 Å². The van der Waals surface area contributed by atoms with Crippen LogP contribution in [0.3, 0.4) is 0 Å². The molecule has 1 aromatic heterocycles. The van der Waals surface area contributed by atoms with Crippen LogP contribution in [0.25, 0.3) is 10.9 Å². The lowest BCUT2D eigenvalue weighted by Gasteiger charge is -2.33. The molecule has 3 rings (SSSR count). The monoisotopic (exact) mass is 304 g/mol. The molecule has 0 saturated carbocycles. The van der Waals surface area contributed by atoms with Gasteiger partial charge in [-0.3, -0.25) is 0 Å². The van der Waals surface area contributed by atoms with E-state index in [9.17, 15) is 9.18 Å². The highest BCUT2D eigenvalue weighted by Crippen LogP contribution is 2.29. The Morgan fingerprint density at radius 1 is 1.41 bits per heavy atom. The molecule has 0 bridgehead atoms. The third-order valence-corrected chi connectivity index (χ3v) is 4.00. The fourth-order valence-corrected chi connectivity index (χ4v) is 3.00. The van der Waals surface area contributed by atoms with Crippen LogP contribution in [0.1, 0.15) is 26.3 Å². The molecular weight excluding hydrogens is 283 g/mol. The summed E-state index contributed by atoms with van der Waals surface area (Å²) in [6.45, 7) is 6.23.